The molecule has 2 rings (SSSR count). The number of aliphatic hydroxyl groups is 1. The molecular weight excluding hydrogens is 350 g/mol. The lowest BCUT2D eigenvalue weighted by Crippen LogP contribution is -2.38. The fourth-order valence-electron chi connectivity index (χ4n) is 3.34. The highest BCUT2D eigenvalue weighted by molar-refractivity contribution is 6.31. The van der Waals surface area contributed by atoms with Crippen LogP contribution in [-0.2, 0) is 4.79 Å². The smallest absolute Gasteiger partial charge is 0.224 e. The zero-order chi connectivity index (χ0) is 19.1. The van der Waals surface area contributed by atoms with E-state index in [0.29, 0.717) is 11.6 Å². The molecule has 1 heterocycles. The molecule has 1 aromatic heterocycles. The molecule has 1 aromatic carbocycles. The minimum absolute atomic E-state index is 0.0163. The summed E-state index contributed by atoms with van der Waals surface area (Å²) in [4.78, 5) is 20.8. The summed E-state index contributed by atoms with van der Waals surface area (Å²) in [7, 11) is 0. The minimum atomic E-state index is 0.0163. The molecule has 0 fully saturated rings. The first kappa shape index (κ1) is 20.6. The minimum Gasteiger partial charge on any atom is -0.395 e. The maximum atomic E-state index is 12.4. The van der Waals surface area contributed by atoms with Gasteiger partial charge in [0, 0.05) is 36.1 Å². The number of carbonyl (C=O) groups excluding carboxylic acids is 1. The summed E-state index contributed by atoms with van der Waals surface area (Å²) in [6.07, 6.45) is 3.57. The van der Waals surface area contributed by atoms with Crippen molar-refractivity contribution < 1.29 is 9.90 Å². The lowest BCUT2D eigenvalue weighted by atomic mass is 10.1. The predicted molar refractivity (Wildman–Crippen MR) is 108 cm³/mol. The van der Waals surface area contributed by atoms with E-state index >= 15 is 0 Å². The molecule has 0 radical (unpaired) electrons. The SMILES string of the molecule is CCN(CCO)CCCC(C)N(C(C)=O)c1ccnc2cc(Cl)ccc12. The molecule has 0 saturated heterocycles. The quantitative estimate of drug-likeness (QED) is 0.723. The Balaban J connectivity index is 2.17. The van der Waals surface area contributed by atoms with Gasteiger partial charge < -0.3 is 14.9 Å². The van der Waals surface area contributed by atoms with Crippen molar-refractivity contribution in [2.45, 2.75) is 39.7 Å². The largest absolute Gasteiger partial charge is 0.395 e. The van der Waals surface area contributed by atoms with E-state index in [2.05, 4.69) is 23.7 Å². The Bertz CT molecular complexity index is 738. The predicted octanol–water partition coefficient (Wildman–Crippen LogP) is 3.72. The number of aromatic nitrogens is 1. The van der Waals surface area contributed by atoms with Crippen molar-refractivity contribution in [3.05, 3.63) is 35.5 Å². The van der Waals surface area contributed by atoms with Crippen LogP contribution in [0.3, 0.4) is 0 Å². The number of benzene rings is 1. The molecule has 0 aliphatic carbocycles. The van der Waals surface area contributed by atoms with Crippen molar-refractivity contribution >= 4 is 34.1 Å². The van der Waals surface area contributed by atoms with Gasteiger partial charge in [0.2, 0.25) is 5.91 Å². The number of anilines is 1. The Labute approximate surface area is 160 Å². The Hall–Kier alpha value is -1.69. The monoisotopic (exact) mass is 377 g/mol. The molecule has 0 aliphatic heterocycles. The van der Waals surface area contributed by atoms with Crippen LogP contribution < -0.4 is 4.90 Å². The van der Waals surface area contributed by atoms with E-state index in [4.69, 9.17) is 16.7 Å². The number of amides is 1. The van der Waals surface area contributed by atoms with Gasteiger partial charge in [-0.1, -0.05) is 18.5 Å². The summed E-state index contributed by atoms with van der Waals surface area (Å²) < 4.78 is 0. The molecule has 0 aliphatic rings. The molecular formula is C20H28ClN3O2. The molecule has 26 heavy (non-hydrogen) atoms. The van der Waals surface area contributed by atoms with E-state index in [9.17, 15) is 4.79 Å². The van der Waals surface area contributed by atoms with Gasteiger partial charge in [-0.15, -0.1) is 0 Å². The number of fused-ring (bicyclic) bond motifs is 1. The van der Waals surface area contributed by atoms with Gasteiger partial charge in [0.1, 0.15) is 0 Å². The second-order valence-corrected chi connectivity index (χ2v) is 6.97. The summed E-state index contributed by atoms with van der Waals surface area (Å²) >= 11 is 6.07. The lowest BCUT2D eigenvalue weighted by molar-refractivity contribution is -0.117. The highest BCUT2D eigenvalue weighted by atomic mass is 35.5. The molecule has 6 heteroatoms. The Morgan fingerprint density at radius 1 is 1.31 bits per heavy atom. The molecule has 0 saturated carbocycles. The van der Waals surface area contributed by atoms with Gasteiger partial charge in [0.05, 0.1) is 17.8 Å². The molecule has 1 amide bonds. The maximum absolute atomic E-state index is 12.4. The third kappa shape index (κ3) is 5.16. The van der Waals surface area contributed by atoms with Gasteiger partial charge in [0.15, 0.2) is 0 Å². The van der Waals surface area contributed by atoms with Crippen LogP contribution in [0.2, 0.25) is 5.02 Å². The van der Waals surface area contributed by atoms with Gasteiger partial charge in [-0.3, -0.25) is 9.78 Å². The van der Waals surface area contributed by atoms with E-state index in [1.54, 1.807) is 13.1 Å². The number of pyridine rings is 1. The molecule has 5 nitrogen and oxygen atoms in total. The fourth-order valence-corrected chi connectivity index (χ4v) is 3.51. The highest BCUT2D eigenvalue weighted by Gasteiger charge is 2.21. The van der Waals surface area contributed by atoms with Crippen molar-refractivity contribution in [1.82, 2.24) is 9.88 Å². The number of rotatable bonds is 9. The number of hydrogen-bond donors (Lipinski definition) is 1. The van der Waals surface area contributed by atoms with E-state index in [0.717, 1.165) is 42.5 Å². The number of likely N-dealkylation sites (N-methyl/N-ethyl adjacent to an activating group) is 1. The van der Waals surface area contributed by atoms with Crippen molar-refractivity contribution in [2.24, 2.45) is 0 Å². The first-order valence-electron chi connectivity index (χ1n) is 9.15. The van der Waals surface area contributed by atoms with Crippen LogP contribution in [-0.4, -0.2) is 53.2 Å². The van der Waals surface area contributed by atoms with Crippen LogP contribution in [0.1, 0.15) is 33.6 Å². The van der Waals surface area contributed by atoms with Gasteiger partial charge in [-0.05, 0) is 57.1 Å². The van der Waals surface area contributed by atoms with Crippen LogP contribution in [0, 0.1) is 0 Å². The zero-order valence-corrected chi connectivity index (χ0v) is 16.5. The average Bonchev–Trinajstić information content (AvgIpc) is 2.60. The summed E-state index contributed by atoms with van der Waals surface area (Å²) in [5, 5.41) is 10.7. The molecule has 2 aromatic rings. The zero-order valence-electron chi connectivity index (χ0n) is 15.8. The van der Waals surface area contributed by atoms with Crippen molar-refractivity contribution in [3.63, 3.8) is 0 Å². The van der Waals surface area contributed by atoms with Gasteiger partial charge in [-0.25, -0.2) is 0 Å². The summed E-state index contributed by atoms with van der Waals surface area (Å²) in [6, 6.07) is 7.52. The Kier molecular flexibility index (Phi) is 7.82. The van der Waals surface area contributed by atoms with Crippen LogP contribution >= 0.6 is 11.6 Å². The molecule has 142 valence electrons. The van der Waals surface area contributed by atoms with E-state index in [1.807, 2.05) is 29.2 Å². The highest BCUT2D eigenvalue weighted by Crippen LogP contribution is 2.29. The van der Waals surface area contributed by atoms with Crippen LogP contribution in [0.4, 0.5) is 5.69 Å². The molecule has 1 N–H and O–H groups in total. The molecule has 1 unspecified atom stereocenters. The fraction of sp³-hybridized carbons (Fsp3) is 0.500. The summed E-state index contributed by atoms with van der Waals surface area (Å²) in [6.45, 7) is 8.47. The van der Waals surface area contributed by atoms with Crippen molar-refractivity contribution in [2.75, 3.05) is 31.1 Å². The van der Waals surface area contributed by atoms with Gasteiger partial charge >= 0.3 is 0 Å². The third-order valence-corrected chi connectivity index (χ3v) is 4.92. The standard InChI is InChI=1S/C20H28ClN3O2/c1-4-23(12-13-25)11-5-6-15(2)24(16(3)26)20-9-10-22-19-14-17(21)7-8-18(19)20/h7-10,14-15,25H,4-6,11-13H2,1-3H3. The number of aliphatic hydroxyl groups excluding tert-OH is 1. The van der Waals surface area contributed by atoms with Gasteiger partial charge in [-0.2, -0.15) is 0 Å². The first-order chi connectivity index (χ1) is 12.5. The second kappa shape index (κ2) is 9.86. The lowest BCUT2D eigenvalue weighted by Gasteiger charge is -2.30. The normalized spacial score (nSPS) is 12.5. The van der Waals surface area contributed by atoms with E-state index < -0.39 is 0 Å². The Morgan fingerprint density at radius 2 is 2.08 bits per heavy atom. The average molecular weight is 378 g/mol. The number of halogens is 1. The third-order valence-electron chi connectivity index (χ3n) is 4.68. The second-order valence-electron chi connectivity index (χ2n) is 6.53. The number of hydrogen-bond acceptors (Lipinski definition) is 4. The molecule has 0 bridgehead atoms. The summed E-state index contributed by atoms with van der Waals surface area (Å²) in [5.41, 5.74) is 1.66. The molecule has 0 spiro atoms. The topological polar surface area (TPSA) is 56.7 Å². The van der Waals surface area contributed by atoms with Crippen LogP contribution in [0.5, 0.6) is 0 Å². The van der Waals surface area contributed by atoms with Crippen molar-refractivity contribution in [3.8, 4) is 0 Å². The van der Waals surface area contributed by atoms with Crippen LogP contribution in [0.15, 0.2) is 30.5 Å². The first-order valence-corrected chi connectivity index (χ1v) is 9.53. The van der Waals surface area contributed by atoms with E-state index in [-0.39, 0.29) is 18.6 Å². The number of nitrogens with zero attached hydrogens (tertiary/aromatic N) is 3. The summed E-state index contributed by atoms with van der Waals surface area (Å²) in [5.74, 6) is 0.0163. The Morgan fingerprint density at radius 3 is 2.73 bits per heavy atom. The number of carbonyl (C=O) groups is 1. The van der Waals surface area contributed by atoms with Gasteiger partial charge in [0.25, 0.3) is 0 Å². The van der Waals surface area contributed by atoms with Crippen LogP contribution in [0.25, 0.3) is 10.9 Å². The molecule has 1 atom stereocenters. The van der Waals surface area contributed by atoms with Crippen molar-refractivity contribution in [1.29, 1.82) is 0 Å². The maximum Gasteiger partial charge on any atom is 0.224 e. The van der Waals surface area contributed by atoms with E-state index in [1.165, 1.54) is 0 Å².